The lowest BCUT2D eigenvalue weighted by molar-refractivity contribution is -0.00280. The summed E-state index contributed by atoms with van der Waals surface area (Å²) in [5.74, 6) is 0. The van der Waals surface area contributed by atoms with Gasteiger partial charge in [-0.1, -0.05) is 36.8 Å². The summed E-state index contributed by atoms with van der Waals surface area (Å²) < 4.78 is 0. The molecule has 2 amide bonds. The first-order chi connectivity index (χ1) is 10.5. The SMILES string of the molecule is CC1(O)CCCN(C(=O)NCC2(c3ccccc3)CCC2)C1. The second-order valence-corrected chi connectivity index (χ2v) is 7.18. The van der Waals surface area contributed by atoms with Crippen LogP contribution >= 0.6 is 0 Å². The van der Waals surface area contributed by atoms with Gasteiger partial charge in [0.15, 0.2) is 0 Å². The molecule has 1 aromatic rings. The van der Waals surface area contributed by atoms with Crippen LogP contribution in [-0.2, 0) is 5.41 Å². The van der Waals surface area contributed by atoms with E-state index in [-0.39, 0.29) is 11.4 Å². The van der Waals surface area contributed by atoms with Crippen LogP contribution in [0.25, 0.3) is 0 Å². The van der Waals surface area contributed by atoms with Crippen molar-refractivity contribution in [2.24, 2.45) is 0 Å². The van der Waals surface area contributed by atoms with Crippen LogP contribution in [0.15, 0.2) is 30.3 Å². The van der Waals surface area contributed by atoms with E-state index in [0.29, 0.717) is 13.1 Å². The van der Waals surface area contributed by atoms with Gasteiger partial charge < -0.3 is 15.3 Å². The molecule has 22 heavy (non-hydrogen) atoms. The molecule has 3 rings (SSSR count). The van der Waals surface area contributed by atoms with Crippen LogP contribution in [0.1, 0.15) is 44.6 Å². The summed E-state index contributed by atoms with van der Waals surface area (Å²) in [7, 11) is 0. The zero-order chi connectivity index (χ0) is 15.6. The maximum Gasteiger partial charge on any atom is 0.317 e. The third-order valence-corrected chi connectivity index (χ3v) is 5.24. The molecule has 1 saturated carbocycles. The summed E-state index contributed by atoms with van der Waals surface area (Å²) in [6, 6.07) is 10.5. The second-order valence-electron chi connectivity index (χ2n) is 7.18. The molecule has 1 saturated heterocycles. The van der Waals surface area contributed by atoms with Crippen molar-refractivity contribution in [1.82, 2.24) is 10.2 Å². The lowest BCUT2D eigenvalue weighted by Crippen LogP contribution is -2.54. The average molecular weight is 302 g/mol. The number of hydrogen-bond acceptors (Lipinski definition) is 2. The van der Waals surface area contributed by atoms with Crippen molar-refractivity contribution in [1.29, 1.82) is 0 Å². The van der Waals surface area contributed by atoms with Gasteiger partial charge in [0.05, 0.1) is 12.1 Å². The number of carbonyl (C=O) groups is 1. The van der Waals surface area contributed by atoms with Gasteiger partial charge in [0.1, 0.15) is 0 Å². The number of β-amino-alcohol motifs (C(OH)–C–C–N with tert-alkyl or cyclic N) is 1. The number of benzene rings is 1. The van der Waals surface area contributed by atoms with E-state index in [9.17, 15) is 9.90 Å². The van der Waals surface area contributed by atoms with Crippen molar-refractivity contribution in [3.05, 3.63) is 35.9 Å². The monoisotopic (exact) mass is 302 g/mol. The van der Waals surface area contributed by atoms with E-state index in [0.717, 1.165) is 32.2 Å². The van der Waals surface area contributed by atoms with E-state index < -0.39 is 5.60 Å². The Kier molecular flexibility index (Phi) is 4.13. The summed E-state index contributed by atoms with van der Waals surface area (Å²) in [5, 5.41) is 13.2. The predicted octanol–water partition coefficient (Wildman–Crippen LogP) is 2.66. The Balaban J connectivity index is 1.60. The molecule has 0 radical (unpaired) electrons. The van der Waals surface area contributed by atoms with Gasteiger partial charge in [0, 0.05) is 18.5 Å². The van der Waals surface area contributed by atoms with Crippen LogP contribution in [0.2, 0.25) is 0 Å². The fraction of sp³-hybridized carbons (Fsp3) is 0.611. The number of nitrogens with zero attached hydrogens (tertiary/aromatic N) is 1. The number of urea groups is 1. The number of piperidine rings is 1. The number of carbonyl (C=O) groups excluding carboxylic acids is 1. The van der Waals surface area contributed by atoms with Crippen LogP contribution in [0, 0.1) is 0 Å². The summed E-state index contributed by atoms with van der Waals surface area (Å²) >= 11 is 0. The van der Waals surface area contributed by atoms with Crippen molar-refractivity contribution < 1.29 is 9.90 Å². The Morgan fingerprint density at radius 3 is 2.55 bits per heavy atom. The van der Waals surface area contributed by atoms with Gasteiger partial charge in [-0.05, 0) is 38.2 Å². The molecule has 2 N–H and O–H groups in total. The molecule has 1 unspecified atom stereocenters. The largest absolute Gasteiger partial charge is 0.388 e. The summed E-state index contributed by atoms with van der Waals surface area (Å²) in [6.07, 6.45) is 5.13. The topological polar surface area (TPSA) is 52.6 Å². The number of hydrogen-bond donors (Lipinski definition) is 2. The fourth-order valence-corrected chi connectivity index (χ4v) is 3.71. The maximum atomic E-state index is 12.4. The van der Waals surface area contributed by atoms with E-state index in [4.69, 9.17) is 0 Å². The highest BCUT2D eigenvalue weighted by molar-refractivity contribution is 5.74. The molecule has 1 aromatic carbocycles. The third-order valence-electron chi connectivity index (χ3n) is 5.24. The van der Waals surface area contributed by atoms with E-state index in [1.165, 1.54) is 12.0 Å². The molecule has 0 spiro atoms. The van der Waals surface area contributed by atoms with E-state index in [2.05, 4.69) is 29.6 Å². The number of amides is 2. The molecule has 1 aliphatic carbocycles. The number of aliphatic hydroxyl groups is 1. The zero-order valence-electron chi connectivity index (χ0n) is 13.3. The molecular weight excluding hydrogens is 276 g/mol. The maximum absolute atomic E-state index is 12.4. The first-order valence-electron chi connectivity index (χ1n) is 8.32. The van der Waals surface area contributed by atoms with E-state index >= 15 is 0 Å². The van der Waals surface area contributed by atoms with Gasteiger partial charge in [-0.25, -0.2) is 4.79 Å². The van der Waals surface area contributed by atoms with Gasteiger partial charge in [-0.3, -0.25) is 0 Å². The predicted molar refractivity (Wildman–Crippen MR) is 86.8 cm³/mol. The van der Waals surface area contributed by atoms with Gasteiger partial charge in [0.2, 0.25) is 0 Å². The fourth-order valence-electron chi connectivity index (χ4n) is 3.71. The summed E-state index contributed by atoms with van der Waals surface area (Å²) in [6.45, 7) is 3.66. The Morgan fingerprint density at radius 1 is 1.23 bits per heavy atom. The molecule has 1 atom stereocenters. The van der Waals surface area contributed by atoms with Crippen LogP contribution in [-0.4, -0.2) is 41.3 Å². The third kappa shape index (κ3) is 3.12. The Hall–Kier alpha value is -1.55. The van der Waals surface area contributed by atoms with Gasteiger partial charge in [-0.15, -0.1) is 0 Å². The van der Waals surface area contributed by atoms with Crippen LogP contribution in [0.5, 0.6) is 0 Å². The molecule has 1 aliphatic heterocycles. The van der Waals surface area contributed by atoms with E-state index in [1.807, 2.05) is 13.0 Å². The molecule has 1 heterocycles. The number of nitrogens with one attached hydrogen (secondary N) is 1. The Bertz CT molecular complexity index is 523. The van der Waals surface area contributed by atoms with Gasteiger partial charge in [0.25, 0.3) is 0 Å². The quantitative estimate of drug-likeness (QED) is 0.902. The van der Waals surface area contributed by atoms with Crippen LogP contribution in [0.4, 0.5) is 4.79 Å². The lowest BCUT2D eigenvalue weighted by Gasteiger charge is -2.43. The molecule has 0 aromatic heterocycles. The Morgan fingerprint density at radius 2 is 1.95 bits per heavy atom. The minimum absolute atomic E-state index is 0.0396. The number of likely N-dealkylation sites (tertiary alicyclic amines) is 1. The molecule has 2 aliphatic rings. The van der Waals surface area contributed by atoms with E-state index in [1.54, 1.807) is 4.90 Å². The van der Waals surface area contributed by atoms with Crippen molar-refractivity contribution >= 4 is 6.03 Å². The van der Waals surface area contributed by atoms with Gasteiger partial charge in [-0.2, -0.15) is 0 Å². The minimum Gasteiger partial charge on any atom is -0.388 e. The zero-order valence-corrected chi connectivity index (χ0v) is 13.3. The molecule has 0 bridgehead atoms. The second kappa shape index (κ2) is 5.92. The number of rotatable bonds is 3. The molecule has 2 fully saturated rings. The molecule has 4 heteroatoms. The standard InChI is InChI=1S/C18H26N2O2/c1-17(22)9-6-12-20(14-17)16(21)19-13-18(10-5-11-18)15-7-3-2-4-8-15/h2-4,7-8,22H,5-6,9-14H2,1H3,(H,19,21). The highest BCUT2D eigenvalue weighted by Crippen LogP contribution is 2.43. The van der Waals surface area contributed by atoms with Crippen molar-refractivity contribution in [2.75, 3.05) is 19.6 Å². The summed E-state index contributed by atoms with van der Waals surface area (Å²) in [4.78, 5) is 14.2. The van der Waals surface area contributed by atoms with Crippen LogP contribution in [0.3, 0.4) is 0 Å². The Labute approximate surface area is 132 Å². The van der Waals surface area contributed by atoms with Crippen molar-refractivity contribution in [3.8, 4) is 0 Å². The smallest absolute Gasteiger partial charge is 0.317 e. The normalized spacial score (nSPS) is 27.1. The van der Waals surface area contributed by atoms with Crippen molar-refractivity contribution in [3.63, 3.8) is 0 Å². The van der Waals surface area contributed by atoms with Crippen LogP contribution < -0.4 is 5.32 Å². The molecule has 4 nitrogen and oxygen atoms in total. The minimum atomic E-state index is -0.747. The highest BCUT2D eigenvalue weighted by atomic mass is 16.3. The van der Waals surface area contributed by atoms with Crippen molar-refractivity contribution in [2.45, 2.75) is 50.0 Å². The first kappa shape index (κ1) is 15.3. The van der Waals surface area contributed by atoms with Gasteiger partial charge >= 0.3 is 6.03 Å². The first-order valence-corrected chi connectivity index (χ1v) is 8.32. The molecular formula is C18H26N2O2. The summed E-state index contributed by atoms with van der Waals surface area (Å²) in [5.41, 5.74) is 0.686. The highest BCUT2D eigenvalue weighted by Gasteiger charge is 2.39. The average Bonchev–Trinajstić information content (AvgIpc) is 2.46. The molecule has 120 valence electrons. The lowest BCUT2D eigenvalue weighted by atomic mass is 9.64.